The number of rotatable bonds is 6. The molecule has 1 aliphatic heterocycles. The van der Waals surface area contributed by atoms with Crippen LogP contribution in [0.4, 0.5) is 0 Å². The van der Waals surface area contributed by atoms with Gasteiger partial charge in [-0.25, -0.2) is 13.1 Å². The van der Waals surface area contributed by atoms with Crippen molar-refractivity contribution in [3.8, 4) is 0 Å². The first-order valence-corrected chi connectivity index (χ1v) is 8.81. The Morgan fingerprint density at radius 1 is 1.55 bits per heavy atom. The van der Waals surface area contributed by atoms with E-state index >= 15 is 0 Å². The van der Waals surface area contributed by atoms with Crippen LogP contribution in [-0.4, -0.2) is 34.1 Å². The van der Waals surface area contributed by atoms with Gasteiger partial charge in [-0.1, -0.05) is 0 Å². The van der Waals surface area contributed by atoms with E-state index in [1.807, 2.05) is 0 Å². The summed E-state index contributed by atoms with van der Waals surface area (Å²) in [6.07, 6.45) is 2.87. The van der Waals surface area contributed by atoms with Crippen molar-refractivity contribution in [1.29, 1.82) is 0 Å². The van der Waals surface area contributed by atoms with E-state index in [9.17, 15) is 13.2 Å². The van der Waals surface area contributed by atoms with Gasteiger partial charge in [0.1, 0.15) is 4.21 Å². The molecule has 1 atom stereocenters. The van der Waals surface area contributed by atoms with Crippen molar-refractivity contribution in [3.05, 3.63) is 17.0 Å². The maximum atomic E-state index is 12.0. The van der Waals surface area contributed by atoms with E-state index in [0.29, 0.717) is 19.1 Å². The maximum Gasteiger partial charge on any atom is 0.250 e. The third-order valence-electron chi connectivity index (χ3n) is 3.22. The molecule has 1 fully saturated rings. The molecule has 1 amide bonds. The lowest BCUT2D eigenvalue weighted by atomic mass is 9.99. The summed E-state index contributed by atoms with van der Waals surface area (Å²) in [5.41, 5.74) is 5.33. The first kappa shape index (κ1) is 15.4. The minimum absolute atomic E-state index is 0.117. The van der Waals surface area contributed by atoms with Gasteiger partial charge in [0.15, 0.2) is 0 Å². The van der Waals surface area contributed by atoms with E-state index < -0.39 is 15.9 Å². The first-order chi connectivity index (χ1) is 9.49. The Morgan fingerprint density at radius 2 is 2.35 bits per heavy atom. The Balaban J connectivity index is 1.88. The zero-order valence-corrected chi connectivity index (χ0v) is 12.6. The molecular formula is C12H18N2O4S2. The summed E-state index contributed by atoms with van der Waals surface area (Å²) in [7, 11) is -3.55. The molecular weight excluding hydrogens is 300 g/mol. The number of hydrogen-bond donors (Lipinski definition) is 2. The van der Waals surface area contributed by atoms with Crippen molar-refractivity contribution in [2.24, 2.45) is 11.7 Å². The average molecular weight is 318 g/mol. The normalized spacial score (nSPS) is 19.9. The Hall–Kier alpha value is -0.960. The molecule has 0 aromatic carbocycles. The predicted molar refractivity (Wildman–Crippen MR) is 76.2 cm³/mol. The number of carbonyl (C=O) groups is 1. The molecule has 2 rings (SSSR count). The van der Waals surface area contributed by atoms with Gasteiger partial charge in [-0.05, 0) is 31.2 Å². The van der Waals surface area contributed by atoms with E-state index in [4.69, 9.17) is 10.5 Å². The topological polar surface area (TPSA) is 98.5 Å². The molecule has 1 aliphatic rings. The number of primary amides is 1. The number of nitrogens with one attached hydrogen (secondary N) is 1. The third-order valence-corrected chi connectivity index (χ3v) is 6.12. The number of amides is 1. The van der Waals surface area contributed by atoms with Crippen LogP contribution in [0.25, 0.3) is 0 Å². The fourth-order valence-electron chi connectivity index (χ4n) is 2.09. The van der Waals surface area contributed by atoms with E-state index in [2.05, 4.69) is 4.72 Å². The van der Waals surface area contributed by atoms with Crippen LogP contribution in [0.3, 0.4) is 0 Å². The lowest BCUT2D eigenvalue weighted by Crippen LogP contribution is -2.27. The Bertz CT molecular complexity index is 562. The largest absolute Gasteiger partial charge is 0.381 e. The van der Waals surface area contributed by atoms with E-state index in [-0.39, 0.29) is 9.77 Å². The maximum absolute atomic E-state index is 12.0. The van der Waals surface area contributed by atoms with Gasteiger partial charge >= 0.3 is 0 Å². The van der Waals surface area contributed by atoms with Gasteiger partial charge in [0.2, 0.25) is 15.9 Å². The SMILES string of the molecule is NC(=O)c1csc(S(=O)(=O)NCC[C@H]2CCCOC2)c1. The molecule has 8 heteroatoms. The number of ether oxygens (including phenoxy) is 1. The van der Waals surface area contributed by atoms with Crippen molar-refractivity contribution < 1.29 is 17.9 Å². The Labute approximate surface area is 122 Å². The van der Waals surface area contributed by atoms with Crippen LogP contribution in [-0.2, 0) is 14.8 Å². The van der Waals surface area contributed by atoms with E-state index in [1.54, 1.807) is 0 Å². The fraction of sp³-hybridized carbons (Fsp3) is 0.583. The lowest BCUT2D eigenvalue weighted by molar-refractivity contribution is 0.0523. The highest BCUT2D eigenvalue weighted by Gasteiger charge is 2.19. The van der Waals surface area contributed by atoms with E-state index in [0.717, 1.165) is 37.2 Å². The number of nitrogens with two attached hydrogens (primary N) is 1. The number of thiophene rings is 1. The minimum Gasteiger partial charge on any atom is -0.381 e. The van der Waals surface area contributed by atoms with Gasteiger partial charge in [0.25, 0.3) is 0 Å². The summed E-state index contributed by atoms with van der Waals surface area (Å²) in [6.45, 7) is 1.88. The Morgan fingerprint density at radius 3 is 2.95 bits per heavy atom. The van der Waals surface area contributed by atoms with Crippen LogP contribution in [0.2, 0.25) is 0 Å². The van der Waals surface area contributed by atoms with Gasteiger partial charge in [0.05, 0.1) is 5.56 Å². The lowest BCUT2D eigenvalue weighted by Gasteiger charge is -2.21. The molecule has 1 saturated heterocycles. The van der Waals surface area contributed by atoms with Gasteiger partial charge < -0.3 is 10.5 Å². The molecule has 0 saturated carbocycles. The first-order valence-electron chi connectivity index (χ1n) is 6.45. The van der Waals surface area contributed by atoms with E-state index in [1.165, 1.54) is 11.4 Å². The zero-order chi connectivity index (χ0) is 14.6. The molecule has 2 heterocycles. The number of hydrogen-bond acceptors (Lipinski definition) is 5. The van der Waals surface area contributed by atoms with Crippen LogP contribution in [0, 0.1) is 5.92 Å². The monoisotopic (exact) mass is 318 g/mol. The molecule has 0 unspecified atom stereocenters. The number of carbonyl (C=O) groups excluding carboxylic acids is 1. The summed E-state index contributed by atoms with van der Waals surface area (Å²) in [5, 5.41) is 1.45. The van der Waals surface area contributed by atoms with Crippen LogP contribution < -0.4 is 10.5 Å². The summed E-state index contributed by atoms with van der Waals surface area (Å²) in [5.74, 6) is -0.210. The molecule has 3 N–H and O–H groups in total. The molecule has 112 valence electrons. The Kier molecular flexibility index (Phi) is 5.14. The molecule has 20 heavy (non-hydrogen) atoms. The molecule has 1 aromatic rings. The van der Waals surface area contributed by atoms with Crippen LogP contribution in [0.1, 0.15) is 29.6 Å². The minimum atomic E-state index is -3.55. The van der Waals surface area contributed by atoms with Gasteiger partial charge in [-0.2, -0.15) is 0 Å². The highest BCUT2D eigenvalue weighted by atomic mass is 32.2. The van der Waals surface area contributed by atoms with Crippen LogP contribution >= 0.6 is 11.3 Å². The second-order valence-electron chi connectivity index (χ2n) is 4.79. The predicted octanol–water partition coefficient (Wildman–Crippen LogP) is 0.942. The van der Waals surface area contributed by atoms with Crippen LogP contribution in [0.15, 0.2) is 15.7 Å². The quantitative estimate of drug-likeness (QED) is 0.815. The molecule has 0 aliphatic carbocycles. The second kappa shape index (κ2) is 6.66. The molecule has 0 spiro atoms. The summed E-state index contributed by atoms with van der Waals surface area (Å²) >= 11 is 0.995. The standard InChI is InChI=1S/C12H18N2O4S2/c13-12(15)10-6-11(19-8-10)20(16,17)14-4-3-9-2-1-5-18-7-9/h6,8-9,14H,1-5,7H2,(H2,13,15)/t9-/m1/s1. The third kappa shape index (κ3) is 4.02. The highest BCUT2D eigenvalue weighted by Crippen LogP contribution is 2.20. The molecule has 0 radical (unpaired) electrons. The zero-order valence-electron chi connectivity index (χ0n) is 11.0. The van der Waals surface area contributed by atoms with Crippen molar-refractivity contribution in [2.75, 3.05) is 19.8 Å². The van der Waals surface area contributed by atoms with Crippen molar-refractivity contribution in [1.82, 2.24) is 4.72 Å². The van der Waals surface area contributed by atoms with Crippen molar-refractivity contribution in [3.63, 3.8) is 0 Å². The van der Waals surface area contributed by atoms with Crippen molar-refractivity contribution >= 4 is 27.3 Å². The second-order valence-corrected chi connectivity index (χ2v) is 7.69. The molecule has 1 aromatic heterocycles. The summed E-state index contributed by atoms with van der Waals surface area (Å²) in [6, 6.07) is 1.30. The van der Waals surface area contributed by atoms with Crippen LogP contribution in [0.5, 0.6) is 0 Å². The van der Waals surface area contributed by atoms with Gasteiger partial charge in [-0.15, -0.1) is 11.3 Å². The summed E-state index contributed by atoms with van der Waals surface area (Å²) < 4.78 is 32.1. The number of sulfonamides is 1. The molecule has 0 bridgehead atoms. The highest BCUT2D eigenvalue weighted by molar-refractivity contribution is 7.91. The van der Waals surface area contributed by atoms with Crippen molar-refractivity contribution in [2.45, 2.75) is 23.5 Å². The average Bonchev–Trinajstić information content (AvgIpc) is 2.90. The smallest absolute Gasteiger partial charge is 0.250 e. The molecule has 6 nitrogen and oxygen atoms in total. The fourth-order valence-corrected chi connectivity index (χ4v) is 4.35. The van der Waals surface area contributed by atoms with Gasteiger partial charge in [-0.3, -0.25) is 4.79 Å². The summed E-state index contributed by atoms with van der Waals surface area (Å²) in [4.78, 5) is 11.0. The van der Waals surface area contributed by atoms with Gasteiger partial charge in [0, 0.05) is 25.1 Å².